The van der Waals surface area contributed by atoms with Crippen LogP contribution in [-0.2, 0) is 0 Å². The summed E-state index contributed by atoms with van der Waals surface area (Å²) in [7, 11) is -0.519. The van der Waals surface area contributed by atoms with Crippen LogP contribution in [0.1, 0.15) is 144 Å². The molecular weight excluding hydrogens is 505 g/mol. The van der Waals surface area contributed by atoms with Crippen LogP contribution in [0, 0.1) is 0 Å². The summed E-state index contributed by atoms with van der Waals surface area (Å²) in [6.45, 7) is 11.7. The van der Waals surface area contributed by atoms with E-state index < -0.39 is 0 Å². The Hall–Kier alpha value is -0.510. The zero-order valence-electron chi connectivity index (χ0n) is 24.8. The summed E-state index contributed by atoms with van der Waals surface area (Å²) in [5.74, 6) is 0. The van der Waals surface area contributed by atoms with Crippen LogP contribution >= 0.6 is 30.7 Å². The molecule has 0 aromatic heterocycles. The highest BCUT2D eigenvalue weighted by molar-refractivity contribution is 8.97. The lowest BCUT2D eigenvalue weighted by Crippen LogP contribution is -1.86. The van der Waals surface area contributed by atoms with Crippen molar-refractivity contribution in [3.05, 3.63) is 65.2 Å². The molecule has 0 saturated heterocycles. The quantitative estimate of drug-likeness (QED) is 0.0778. The molecule has 3 aliphatic rings. The second-order valence-electron chi connectivity index (χ2n) is 11.1. The van der Waals surface area contributed by atoms with Gasteiger partial charge in [0.15, 0.2) is 0 Å². The lowest BCUT2D eigenvalue weighted by Gasteiger charge is -2.26. The molecule has 0 fully saturated rings. The third kappa shape index (κ3) is 9.28. The molecule has 0 bridgehead atoms. The van der Waals surface area contributed by atoms with E-state index in [4.69, 9.17) is 0 Å². The van der Waals surface area contributed by atoms with Gasteiger partial charge in [-0.3, -0.25) is 0 Å². The van der Waals surface area contributed by atoms with Gasteiger partial charge in [0.25, 0.3) is 0 Å². The summed E-state index contributed by atoms with van der Waals surface area (Å²) < 4.78 is 0. The summed E-state index contributed by atoms with van der Waals surface area (Å²) >= 11 is 0. The number of allylic oxidation sites excluding steroid dienone is 6. The van der Waals surface area contributed by atoms with E-state index in [9.17, 15) is 0 Å². The van der Waals surface area contributed by atoms with Crippen molar-refractivity contribution in [3.8, 4) is 0 Å². The van der Waals surface area contributed by atoms with E-state index >= 15 is 0 Å². The van der Waals surface area contributed by atoms with Crippen molar-refractivity contribution >= 4 is 30.7 Å². The Morgan fingerprint density at radius 2 is 0.973 bits per heavy atom. The van der Waals surface area contributed by atoms with E-state index in [1.165, 1.54) is 109 Å². The van der Waals surface area contributed by atoms with E-state index in [0.717, 1.165) is 0 Å². The minimum atomic E-state index is -0.238. The van der Waals surface area contributed by atoms with Gasteiger partial charge in [0.05, 0.1) is 0 Å². The first-order chi connectivity index (χ1) is 18.1. The number of thiol groups is 3. The van der Waals surface area contributed by atoms with Crippen molar-refractivity contribution in [1.29, 1.82) is 0 Å². The molecule has 0 N–H and O–H groups in total. The van der Waals surface area contributed by atoms with E-state index in [0.29, 0.717) is 0 Å². The highest BCUT2D eigenvalue weighted by Gasteiger charge is 2.26. The number of rotatable bonds is 19. The van der Waals surface area contributed by atoms with Crippen LogP contribution in [0.25, 0.3) is 0 Å². The molecule has 0 aromatic rings. The van der Waals surface area contributed by atoms with Gasteiger partial charge in [-0.1, -0.05) is 92.4 Å². The normalized spacial score (nSPS) is 26.0. The van der Waals surface area contributed by atoms with Crippen molar-refractivity contribution in [2.24, 2.45) is 0 Å². The van der Waals surface area contributed by atoms with Crippen LogP contribution in [0.15, 0.2) is 65.2 Å². The maximum absolute atomic E-state index is 2.81. The van der Waals surface area contributed by atoms with Crippen molar-refractivity contribution in [2.75, 3.05) is 0 Å². The first-order valence-electron chi connectivity index (χ1n) is 15.8. The van der Waals surface area contributed by atoms with Crippen LogP contribution < -0.4 is 0 Å². The summed E-state index contributed by atoms with van der Waals surface area (Å²) in [5, 5.41) is 13.7. The predicted molar refractivity (Wildman–Crippen MR) is 182 cm³/mol. The Morgan fingerprint density at radius 3 is 1.54 bits per heavy atom. The van der Waals surface area contributed by atoms with Gasteiger partial charge < -0.3 is 0 Å². The van der Waals surface area contributed by atoms with Gasteiger partial charge in [-0.15, -0.1) is 0 Å². The van der Waals surface area contributed by atoms with Crippen molar-refractivity contribution in [1.82, 2.24) is 0 Å². The molecule has 0 saturated carbocycles. The fourth-order valence-corrected chi connectivity index (χ4v) is 15.8. The maximum Gasteiger partial charge on any atom is 0.000876 e. The summed E-state index contributed by atoms with van der Waals surface area (Å²) in [5.41, 5.74) is 6.75. The maximum atomic E-state index is 2.81. The van der Waals surface area contributed by atoms with Gasteiger partial charge in [-0.2, -0.15) is 30.7 Å². The Morgan fingerprint density at radius 1 is 0.486 bits per heavy atom. The highest BCUT2D eigenvalue weighted by atomic mass is 33.2. The third-order valence-corrected chi connectivity index (χ3v) is 16.7. The molecular formula is C34H58S3. The van der Waals surface area contributed by atoms with Crippen molar-refractivity contribution in [3.63, 3.8) is 0 Å². The monoisotopic (exact) mass is 562 g/mol. The molecule has 3 aliphatic heterocycles. The molecule has 0 nitrogen and oxygen atoms in total. The molecule has 3 atom stereocenters. The molecule has 3 unspecified atom stereocenters. The topological polar surface area (TPSA) is 0 Å². The molecule has 37 heavy (non-hydrogen) atoms. The summed E-state index contributed by atoms with van der Waals surface area (Å²) in [4.78, 5) is 3.51. The predicted octanol–water partition coefficient (Wildman–Crippen LogP) is 12.9. The average Bonchev–Trinajstić information content (AvgIpc) is 3.63. The van der Waals surface area contributed by atoms with Gasteiger partial charge in [0, 0.05) is 4.91 Å². The Balaban J connectivity index is 1.77. The standard InChI is InChI=1S/C34H58S3/c1-6-11-14-17-20-31-25-35(24-29(31)9-4)34-23-33(22-19-16-13-8-3)37(28-34)36-26-30(10-5)32(27-36)21-18-15-12-7-2/h23-28,35-37H,6-22H2,1-5H3. The van der Waals surface area contributed by atoms with Gasteiger partial charge in [-0.25, -0.2) is 0 Å². The zero-order chi connectivity index (χ0) is 26.5. The molecule has 3 heteroatoms. The molecule has 3 heterocycles. The summed E-state index contributed by atoms with van der Waals surface area (Å²) in [6, 6.07) is 0. The van der Waals surface area contributed by atoms with E-state index in [-0.39, 0.29) is 30.7 Å². The van der Waals surface area contributed by atoms with Crippen LogP contribution in [0.5, 0.6) is 0 Å². The van der Waals surface area contributed by atoms with E-state index in [1.54, 1.807) is 27.2 Å². The number of hydrogen-bond donors (Lipinski definition) is 3. The van der Waals surface area contributed by atoms with Crippen molar-refractivity contribution < 1.29 is 0 Å². The highest BCUT2D eigenvalue weighted by Crippen LogP contribution is 2.71. The summed E-state index contributed by atoms with van der Waals surface area (Å²) in [6.07, 6.45) is 25.5. The van der Waals surface area contributed by atoms with Crippen LogP contribution in [0.3, 0.4) is 0 Å². The van der Waals surface area contributed by atoms with Gasteiger partial charge in [-0.05, 0) is 112 Å². The minimum Gasteiger partial charge on any atom is -0.185 e. The molecule has 212 valence electrons. The minimum absolute atomic E-state index is 0.134. The SMILES string of the molecule is CCCCCCC1=C[SH](C2=C[SH]([SH]3C=C(CC)C(CCCCCC)=C3)C(CCCCCC)=C2)C=C1CC. The Bertz CT molecular complexity index is 898. The van der Waals surface area contributed by atoms with Gasteiger partial charge >= 0.3 is 0 Å². The molecule has 0 aliphatic carbocycles. The molecule has 3 rings (SSSR count). The van der Waals surface area contributed by atoms with Crippen molar-refractivity contribution in [2.45, 2.75) is 144 Å². The van der Waals surface area contributed by atoms with E-state index in [2.05, 4.69) is 67.7 Å². The van der Waals surface area contributed by atoms with Gasteiger partial charge in [0.1, 0.15) is 0 Å². The van der Waals surface area contributed by atoms with Crippen LogP contribution in [-0.4, -0.2) is 0 Å². The second-order valence-corrected chi connectivity index (χ2v) is 18.4. The zero-order valence-corrected chi connectivity index (χ0v) is 27.5. The molecule has 0 amide bonds. The van der Waals surface area contributed by atoms with Crippen LogP contribution in [0.2, 0.25) is 0 Å². The third-order valence-electron chi connectivity index (χ3n) is 8.05. The van der Waals surface area contributed by atoms with Gasteiger partial charge in [0.2, 0.25) is 0 Å². The fourth-order valence-electron chi connectivity index (χ4n) is 5.66. The molecule has 0 spiro atoms. The fraction of sp³-hybridized carbons (Fsp3) is 0.647. The Labute approximate surface area is 238 Å². The average molecular weight is 563 g/mol. The molecule has 0 aromatic carbocycles. The largest absolute Gasteiger partial charge is 0.185 e. The first kappa shape index (κ1) is 31.0. The van der Waals surface area contributed by atoms with E-state index in [1.807, 2.05) is 4.91 Å². The smallest absolute Gasteiger partial charge is 0.000876 e. The lowest BCUT2D eigenvalue weighted by atomic mass is 10.0. The Kier molecular flexibility index (Phi) is 14.5. The first-order valence-corrected chi connectivity index (χ1v) is 20.8. The number of hydrogen-bond acceptors (Lipinski definition) is 0. The molecule has 0 radical (unpaired) electrons. The van der Waals surface area contributed by atoms with Crippen LogP contribution in [0.4, 0.5) is 0 Å². The second kappa shape index (κ2) is 17.2. The lowest BCUT2D eigenvalue weighted by molar-refractivity contribution is 0.665. The number of unbranched alkanes of at least 4 members (excludes halogenated alkanes) is 9.